The second-order valence-electron chi connectivity index (χ2n) is 5.12. The summed E-state index contributed by atoms with van der Waals surface area (Å²) < 4.78 is 0. The highest BCUT2D eigenvalue weighted by Crippen LogP contribution is 2.20. The van der Waals surface area contributed by atoms with Gasteiger partial charge in [-0.2, -0.15) is 5.10 Å². The SMILES string of the molecule is Cc1[nH]ncc1C(=O)N(Cc1ccccc1)c1ccccc1. The van der Waals surface area contributed by atoms with Gasteiger partial charge in [-0.3, -0.25) is 9.89 Å². The maximum Gasteiger partial charge on any atom is 0.262 e. The van der Waals surface area contributed by atoms with E-state index < -0.39 is 0 Å². The number of H-pyrrole nitrogens is 1. The molecule has 0 aliphatic rings. The maximum absolute atomic E-state index is 12.9. The number of rotatable bonds is 4. The molecule has 0 spiro atoms. The zero-order valence-electron chi connectivity index (χ0n) is 12.4. The molecule has 2 aromatic carbocycles. The molecule has 22 heavy (non-hydrogen) atoms. The number of aromatic nitrogens is 2. The highest BCUT2D eigenvalue weighted by atomic mass is 16.2. The van der Waals surface area contributed by atoms with Gasteiger partial charge in [-0.1, -0.05) is 48.5 Å². The summed E-state index contributed by atoms with van der Waals surface area (Å²) in [5.41, 5.74) is 3.33. The number of para-hydroxylation sites is 1. The molecule has 0 bridgehead atoms. The molecule has 0 atom stereocenters. The fraction of sp³-hybridized carbons (Fsp3) is 0.111. The van der Waals surface area contributed by atoms with Crippen molar-refractivity contribution in [1.82, 2.24) is 10.2 Å². The molecule has 1 amide bonds. The number of carbonyl (C=O) groups excluding carboxylic acids is 1. The van der Waals surface area contributed by atoms with Crippen molar-refractivity contribution in [3.63, 3.8) is 0 Å². The van der Waals surface area contributed by atoms with Crippen LogP contribution in [0.3, 0.4) is 0 Å². The predicted molar refractivity (Wildman–Crippen MR) is 86.7 cm³/mol. The Morgan fingerprint density at radius 3 is 2.27 bits per heavy atom. The fourth-order valence-corrected chi connectivity index (χ4v) is 2.37. The topological polar surface area (TPSA) is 49.0 Å². The standard InChI is InChI=1S/C18H17N3O/c1-14-17(12-19-20-14)18(22)21(16-10-6-3-7-11-16)13-15-8-4-2-5-9-15/h2-12H,13H2,1H3,(H,19,20). The van der Waals surface area contributed by atoms with Crippen LogP contribution in [0, 0.1) is 6.92 Å². The van der Waals surface area contributed by atoms with E-state index in [0.29, 0.717) is 12.1 Å². The molecule has 4 nitrogen and oxygen atoms in total. The van der Waals surface area contributed by atoms with Crippen LogP contribution >= 0.6 is 0 Å². The lowest BCUT2D eigenvalue weighted by atomic mass is 10.1. The van der Waals surface area contributed by atoms with Crippen molar-refractivity contribution in [3.05, 3.63) is 83.7 Å². The van der Waals surface area contributed by atoms with Crippen molar-refractivity contribution in [3.8, 4) is 0 Å². The van der Waals surface area contributed by atoms with Crippen molar-refractivity contribution in [2.75, 3.05) is 4.90 Å². The molecule has 1 heterocycles. The number of nitrogens with one attached hydrogen (secondary N) is 1. The van der Waals surface area contributed by atoms with Gasteiger partial charge in [0.05, 0.1) is 18.3 Å². The molecule has 0 fully saturated rings. The Morgan fingerprint density at radius 2 is 1.68 bits per heavy atom. The van der Waals surface area contributed by atoms with Gasteiger partial charge in [0.25, 0.3) is 5.91 Å². The number of amides is 1. The second-order valence-corrected chi connectivity index (χ2v) is 5.12. The minimum Gasteiger partial charge on any atom is -0.304 e. The van der Waals surface area contributed by atoms with Crippen LogP contribution in [0.5, 0.6) is 0 Å². The van der Waals surface area contributed by atoms with Crippen LogP contribution in [0.25, 0.3) is 0 Å². The van der Waals surface area contributed by atoms with E-state index in [1.54, 1.807) is 11.1 Å². The molecule has 3 rings (SSSR count). The van der Waals surface area contributed by atoms with Crippen molar-refractivity contribution in [2.24, 2.45) is 0 Å². The van der Waals surface area contributed by atoms with Gasteiger partial charge in [0.15, 0.2) is 0 Å². The predicted octanol–water partition coefficient (Wildman–Crippen LogP) is 3.57. The van der Waals surface area contributed by atoms with Crippen LogP contribution in [0.4, 0.5) is 5.69 Å². The molecular weight excluding hydrogens is 274 g/mol. The minimum absolute atomic E-state index is 0.0543. The highest BCUT2D eigenvalue weighted by molar-refractivity contribution is 6.06. The molecule has 0 aliphatic carbocycles. The Kier molecular flexibility index (Phi) is 4.01. The Hall–Kier alpha value is -2.88. The van der Waals surface area contributed by atoms with Gasteiger partial charge in [0, 0.05) is 11.4 Å². The fourth-order valence-electron chi connectivity index (χ4n) is 2.37. The third kappa shape index (κ3) is 2.91. The lowest BCUT2D eigenvalue weighted by Gasteiger charge is -2.23. The Bertz CT molecular complexity index is 750. The monoisotopic (exact) mass is 291 g/mol. The van der Waals surface area contributed by atoms with Crippen LogP contribution in [-0.2, 0) is 6.54 Å². The quantitative estimate of drug-likeness (QED) is 0.799. The summed E-state index contributed by atoms with van der Waals surface area (Å²) >= 11 is 0. The summed E-state index contributed by atoms with van der Waals surface area (Å²) in [6.07, 6.45) is 1.58. The van der Waals surface area contributed by atoms with Gasteiger partial charge < -0.3 is 4.90 Å². The number of anilines is 1. The average Bonchev–Trinajstić information content (AvgIpc) is 3.00. The number of aryl methyl sites for hydroxylation is 1. The molecule has 1 N–H and O–H groups in total. The van der Waals surface area contributed by atoms with E-state index in [0.717, 1.165) is 16.9 Å². The largest absolute Gasteiger partial charge is 0.304 e. The van der Waals surface area contributed by atoms with Gasteiger partial charge in [-0.25, -0.2) is 0 Å². The molecule has 1 aromatic heterocycles. The van der Waals surface area contributed by atoms with Crippen LogP contribution < -0.4 is 4.90 Å². The zero-order chi connectivity index (χ0) is 15.4. The van der Waals surface area contributed by atoms with Gasteiger partial charge in [0.2, 0.25) is 0 Å². The van der Waals surface area contributed by atoms with Gasteiger partial charge in [-0.15, -0.1) is 0 Å². The van der Waals surface area contributed by atoms with Crippen molar-refractivity contribution < 1.29 is 4.79 Å². The van der Waals surface area contributed by atoms with Crippen molar-refractivity contribution >= 4 is 11.6 Å². The summed E-state index contributed by atoms with van der Waals surface area (Å²) in [7, 11) is 0. The van der Waals surface area contributed by atoms with E-state index in [1.807, 2.05) is 67.6 Å². The molecule has 3 aromatic rings. The second kappa shape index (κ2) is 6.26. The number of nitrogens with zero attached hydrogens (tertiary/aromatic N) is 2. The van der Waals surface area contributed by atoms with Crippen LogP contribution in [0.15, 0.2) is 66.9 Å². The Balaban J connectivity index is 1.96. The van der Waals surface area contributed by atoms with Crippen molar-refractivity contribution in [2.45, 2.75) is 13.5 Å². The first-order valence-electron chi connectivity index (χ1n) is 7.16. The van der Waals surface area contributed by atoms with Gasteiger partial charge in [0.1, 0.15) is 0 Å². The number of carbonyl (C=O) groups is 1. The number of hydrogen-bond donors (Lipinski definition) is 1. The summed E-state index contributed by atoms with van der Waals surface area (Å²) in [6.45, 7) is 2.38. The van der Waals surface area contributed by atoms with E-state index in [-0.39, 0.29) is 5.91 Å². The van der Waals surface area contributed by atoms with Crippen LogP contribution in [-0.4, -0.2) is 16.1 Å². The maximum atomic E-state index is 12.9. The van der Waals surface area contributed by atoms with Crippen LogP contribution in [0.1, 0.15) is 21.6 Å². The minimum atomic E-state index is -0.0543. The summed E-state index contributed by atoms with van der Waals surface area (Å²) in [4.78, 5) is 14.7. The first-order valence-corrected chi connectivity index (χ1v) is 7.16. The molecule has 0 saturated carbocycles. The normalized spacial score (nSPS) is 10.4. The van der Waals surface area contributed by atoms with Gasteiger partial charge in [-0.05, 0) is 24.6 Å². The van der Waals surface area contributed by atoms with Gasteiger partial charge >= 0.3 is 0 Å². The number of benzene rings is 2. The first-order chi connectivity index (χ1) is 10.8. The van der Waals surface area contributed by atoms with Crippen LogP contribution in [0.2, 0.25) is 0 Å². The number of aromatic amines is 1. The molecule has 110 valence electrons. The summed E-state index contributed by atoms with van der Waals surface area (Å²) in [5.74, 6) is -0.0543. The van der Waals surface area contributed by atoms with Crippen molar-refractivity contribution in [1.29, 1.82) is 0 Å². The Labute approximate surface area is 129 Å². The van der Waals surface area contributed by atoms with E-state index in [2.05, 4.69) is 10.2 Å². The lowest BCUT2D eigenvalue weighted by Crippen LogP contribution is -2.30. The smallest absolute Gasteiger partial charge is 0.262 e. The van der Waals surface area contributed by atoms with E-state index in [1.165, 1.54) is 0 Å². The third-order valence-corrected chi connectivity index (χ3v) is 3.56. The Morgan fingerprint density at radius 1 is 1.05 bits per heavy atom. The lowest BCUT2D eigenvalue weighted by molar-refractivity contribution is 0.0984. The molecule has 0 saturated heterocycles. The average molecular weight is 291 g/mol. The molecule has 4 heteroatoms. The zero-order valence-corrected chi connectivity index (χ0v) is 12.4. The molecular formula is C18H17N3O. The van der Waals surface area contributed by atoms with E-state index >= 15 is 0 Å². The van der Waals surface area contributed by atoms with E-state index in [4.69, 9.17) is 0 Å². The third-order valence-electron chi connectivity index (χ3n) is 3.56. The highest BCUT2D eigenvalue weighted by Gasteiger charge is 2.20. The number of hydrogen-bond acceptors (Lipinski definition) is 2. The molecule has 0 aliphatic heterocycles. The molecule has 0 radical (unpaired) electrons. The van der Waals surface area contributed by atoms with E-state index in [9.17, 15) is 4.79 Å². The molecule has 0 unspecified atom stereocenters. The summed E-state index contributed by atoms with van der Waals surface area (Å²) in [5, 5.41) is 6.78. The summed E-state index contributed by atoms with van der Waals surface area (Å²) in [6, 6.07) is 19.7. The first kappa shape index (κ1) is 14.1.